The summed E-state index contributed by atoms with van der Waals surface area (Å²) in [5.74, 6) is -1.65. The van der Waals surface area contributed by atoms with Crippen LogP contribution in [0.2, 0.25) is 0 Å². The number of carbonyl (C=O) groups is 3. The number of carboxylic acids is 1. The van der Waals surface area contributed by atoms with Gasteiger partial charge in [-0.25, -0.2) is 9.69 Å². The predicted octanol–water partition coefficient (Wildman–Crippen LogP) is 0.609. The molecule has 2 rings (SSSR count). The summed E-state index contributed by atoms with van der Waals surface area (Å²) in [6, 6.07) is 0. The van der Waals surface area contributed by atoms with Crippen molar-refractivity contribution in [2.75, 3.05) is 6.54 Å². The van der Waals surface area contributed by atoms with E-state index in [0.717, 1.165) is 25.7 Å². The molecule has 2 amide bonds. The van der Waals surface area contributed by atoms with Gasteiger partial charge in [-0.15, -0.1) is 0 Å². The van der Waals surface area contributed by atoms with Crippen molar-refractivity contribution in [3.05, 3.63) is 0 Å². The zero-order chi connectivity index (χ0) is 11.7. The van der Waals surface area contributed by atoms with Crippen LogP contribution < -0.4 is 0 Å². The summed E-state index contributed by atoms with van der Waals surface area (Å²) >= 11 is 0. The number of rotatable bonds is 3. The zero-order valence-electron chi connectivity index (χ0n) is 8.72. The molecule has 2 fully saturated rings. The second-order valence-corrected chi connectivity index (χ2v) is 4.17. The monoisotopic (exact) mass is 227 g/mol. The molecule has 1 unspecified atom stereocenters. The highest BCUT2D eigenvalue weighted by Gasteiger charge is 2.46. The van der Waals surface area contributed by atoms with E-state index in [1.54, 1.807) is 0 Å². The largest absolute Gasteiger partial charge is 0.480 e. The Hall–Kier alpha value is -1.59. The third kappa shape index (κ3) is 1.87. The summed E-state index contributed by atoms with van der Waals surface area (Å²) < 4.78 is 4.95. The third-order valence-corrected chi connectivity index (χ3v) is 3.08. The minimum absolute atomic E-state index is 0.0650. The van der Waals surface area contributed by atoms with Gasteiger partial charge in [-0.2, -0.15) is 0 Å². The number of aliphatic carboxylic acids is 1. The Kier molecular flexibility index (Phi) is 2.80. The van der Waals surface area contributed by atoms with Crippen molar-refractivity contribution in [1.29, 1.82) is 0 Å². The molecule has 1 aliphatic carbocycles. The van der Waals surface area contributed by atoms with E-state index in [0.29, 0.717) is 4.90 Å². The second-order valence-electron chi connectivity index (χ2n) is 4.17. The number of carbonyl (C=O) groups excluding carboxylic acids is 2. The van der Waals surface area contributed by atoms with Crippen LogP contribution in [0.3, 0.4) is 0 Å². The molecule has 1 saturated heterocycles. The Bertz CT molecular complexity index is 334. The van der Waals surface area contributed by atoms with Crippen LogP contribution in [0.25, 0.3) is 0 Å². The quantitative estimate of drug-likeness (QED) is 0.763. The van der Waals surface area contributed by atoms with Crippen molar-refractivity contribution in [3.63, 3.8) is 0 Å². The van der Waals surface area contributed by atoms with Crippen LogP contribution in [0.15, 0.2) is 0 Å². The van der Waals surface area contributed by atoms with E-state index in [4.69, 9.17) is 9.84 Å². The van der Waals surface area contributed by atoms with Gasteiger partial charge in [-0.3, -0.25) is 9.59 Å². The fourth-order valence-electron chi connectivity index (χ4n) is 2.30. The molecule has 0 bridgehead atoms. The topological polar surface area (TPSA) is 83.9 Å². The highest BCUT2D eigenvalue weighted by atomic mass is 16.6. The van der Waals surface area contributed by atoms with Crippen molar-refractivity contribution in [2.45, 2.75) is 31.8 Å². The Morgan fingerprint density at radius 1 is 1.38 bits per heavy atom. The van der Waals surface area contributed by atoms with Crippen LogP contribution in [0.5, 0.6) is 0 Å². The van der Waals surface area contributed by atoms with E-state index in [2.05, 4.69) is 0 Å². The average molecular weight is 227 g/mol. The van der Waals surface area contributed by atoms with Crippen LogP contribution >= 0.6 is 0 Å². The first kappa shape index (κ1) is 10.9. The lowest BCUT2D eigenvalue weighted by molar-refractivity contribution is -0.142. The lowest BCUT2D eigenvalue weighted by Gasteiger charge is -2.13. The fraction of sp³-hybridized carbons (Fsp3) is 0.700. The molecule has 1 N–H and O–H groups in total. The lowest BCUT2D eigenvalue weighted by atomic mass is 10.0. The maximum absolute atomic E-state index is 11.8. The van der Waals surface area contributed by atoms with Gasteiger partial charge in [0.25, 0.3) is 5.91 Å². The fourth-order valence-corrected chi connectivity index (χ4v) is 2.30. The molecule has 0 radical (unpaired) electrons. The lowest BCUT2D eigenvalue weighted by Crippen LogP contribution is -2.37. The number of cyclic esters (lactones) is 1. The molecule has 0 aromatic rings. The van der Waals surface area contributed by atoms with Gasteiger partial charge < -0.3 is 9.84 Å². The highest BCUT2D eigenvalue weighted by molar-refractivity contribution is 6.02. The van der Waals surface area contributed by atoms with Gasteiger partial charge in [0.1, 0.15) is 6.54 Å². The first-order chi connectivity index (χ1) is 7.59. The molecule has 1 atom stereocenters. The molecule has 2 aliphatic rings. The second kappa shape index (κ2) is 4.11. The van der Waals surface area contributed by atoms with Gasteiger partial charge in [0.05, 0.1) is 0 Å². The molecule has 16 heavy (non-hydrogen) atoms. The zero-order valence-corrected chi connectivity index (χ0v) is 8.72. The van der Waals surface area contributed by atoms with E-state index in [-0.39, 0.29) is 5.92 Å². The molecule has 0 aromatic heterocycles. The van der Waals surface area contributed by atoms with Gasteiger partial charge >= 0.3 is 12.1 Å². The van der Waals surface area contributed by atoms with Gasteiger partial charge in [0.2, 0.25) is 0 Å². The molecule has 1 saturated carbocycles. The molecular weight excluding hydrogens is 214 g/mol. The molecule has 1 aliphatic heterocycles. The van der Waals surface area contributed by atoms with Gasteiger partial charge in [0, 0.05) is 5.92 Å². The minimum Gasteiger partial charge on any atom is -0.480 e. The Balaban J connectivity index is 2.06. The van der Waals surface area contributed by atoms with Crippen LogP contribution in [0, 0.1) is 5.92 Å². The summed E-state index contributed by atoms with van der Waals surface area (Å²) in [7, 11) is 0. The smallest absolute Gasteiger partial charge is 0.417 e. The number of ether oxygens (including phenoxy) is 1. The highest BCUT2D eigenvalue weighted by Crippen LogP contribution is 2.32. The van der Waals surface area contributed by atoms with Gasteiger partial charge in [-0.1, -0.05) is 12.8 Å². The summed E-state index contributed by atoms with van der Waals surface area (Å²) in [5, 5.41) is 8.56. The maximum atomic E-state index is 11.8. The molecule has 6 nitrogen and oxygen atoms in total. The van der Waals surface area contributed by atoms with Crippen molar-refractivity contribution in [1.82, 2.24) is 4.90 Å². The summed E-state index contributed by atoms with van der Waals surface area (Å²) in [5.41, 5.74) is 0. The summed E-state index contributed by atoms with van der Waals surface area (Å²) in [4.78, 5) is 34.2. The molecule has 1 heterocycles. The maximum Gasteiger partial charge on any atom is 0.417 e. The molecule has 88 valence electrons. The number of amides is 2. The standard InChI is InChI=1S/C10H13NO5/c12-7(13)5-11-9(14)8(16-10(11)15)6-3-1-2-4-6/h6,8H,1-5H2,(H,12,13). The van der Waals surface area contributed by atoms with E-state index in [1.165, 1.54) is 0 Å². The molecule has 0 spiro atoms. The van der Waals surface area contributed by atoms with E-state index < -0.39 is 30.6 Å². The number of hydrogen-bond donors (Lipinski definition) is 1. The minimum atomic E-state index is -1.21. The Labute approximate surface area is 92.2 Å². The number of nitrogens with zero attached hydrogens (tertiary/aromatic N) is 1. The first-order valence-corrected chi connectivity index (χ1v) is 5.33. The van der Waals surface area contributed by atoms with Crippen LogP contribution in [0.1, 0.15) is 25.7 Å². The van der Waals surface area contributed by atoms with Crippen molar-refractivity contribution < 1.29 is 24.2 Å². The van der Waals surface area contributed by atoms with E-state index in [1.807, 2.05) is 0 Å². The SMILES string of the molecule is O=C(O)CN1C(=O)OC(C2CCCC2)C1=O. The number of imide groups is 1. The Morgan fingerprint density at radius 2 is 2.00 bits per heavy atom. The third-order valence-electron chi connectivity index (χ3n) is 3.08. The van der Waals surface area contributed by atoms with Crippen LogP contribution in [0.4, 0.5) is 4.79 Å². The van der Waals surface area contributed by atoms with Crippen molar-refractivity contribution >= 4 is 18.0 Å². The molecular formula is C10H13NO5. The normalized spacial score (nSPS) is 26.2. The predicted molar refractivity (Wildman–Crippen MR) is 51.6 cm³/mol. The Morgan fingerprint density at radius 3 is 2.56 bits per heavy atom. The summed E-state index contributed by atoms with van der Waals surface area (Å²) in [6.45, 7) is -0.610. The van der Waals surface area contributed by atoms with Crippen molar-refractivity contribution in [3.8, 4) is 0 Å². The van der Waals surface area contributed by atoms with Crippen LogP contribution in [-0.4, -0.2) is 40.6 Å². The van der Waals surface area contributed by atoms with Gasteiger partial charge in [-0.05, 0) is 12.8 Å². The van der Waals surface area contributed by atoms with E-state index in [9.17, 15) is 14.4 Å². The molecule has 0 aromatic carbocycles. The van der Waals surface area contributed by atoms with Crippen LogP contribution in [-0.2, 0) is 14.3 Å². The average Bonchev–Trinajstić information content (AvgIpc) is 2.80. The molecule has 6 heteroatoms. The van der Waals surface area contributed by atoms with Gasteiger partial charge in [0.15, 0.2) is 6.10 Å². The van der Waals surface area contributed by atoms with E-state index >= 15 is 0 Å². The number of hydrogen-bond acceptors (Lipinski definition) is 4. The first-order valence-electron chi connectivity index (χ1n) is 5.33. The summed E-state index contributed by atoms with van der Waals surface area (Å²) in [6.07, 6.45) is 2.21. The van der Waals surface area contributed by atoms with Crippen molar-refractivity contribution in [2.24, 2.45) is 5.92 Å². The number of carboxylic acid groups (broad SMARTS) is 1.